The van der Waals surface area contributed by atoms with Crippen LogP contribution in [0.1, 0.15) is 52.4 Å². The topological polar surface area (TPSA) is 71.1 Å². The largest absolute Gasteiger partial charge is 0.493 e. The Morgan fingerprint density at radius 3 is 2.45 bits per heavy atom. The Balaban J connectivity index is 1.43. The van der Waals surface area contributed by atoms with Gasteiger partial charge >= 0.3 is 0 Å². The zero-order chi connectivity index (χ0) is 26.6. The second kappa shape index (κ2) is 11.2. The fraction of sp³-hybridized carbons (Fsp3) is 0.355. The highest BCUT2D eigenvalue weighted by molar-refractivity contribution is 6.02. The van der Waals surface area contributed by atoms with E-state index in [1.165, 1.54) is 11.3 Å². The van der Waals surface area contributed by atoms with Gasteiger partial charge in [-0.1, -0.05) is 42.5 Å². The normalized spacial score (nSPS) is 17.7. The molecular formula is C31H35N3O4. The van der Waals surface area contributed by atoms with Crippen LogP contribution < -0.4 is 19.7 Å². The number of rotatable bonds is 9. The lowest BCUT2D eigenvalue weighted by Crippen LogP contribution is -2.50. The van der Waals surface area contributed by atoms with Gasteiger partial charge < -0.3 is 24.6 Å². The average Bonchev–Trinajstić information content (AvgIpc) is 2.97. The molecule has 198 valence electrons. The Kier molecular flexibility index (Phi) is 7.54. The molecule has 2 aliphatic rings. The van der Waals surface area contributed by atoms with Crippen LogP contribution in [0.2, 0.25) is 0 Å². The van der Waals surface area contributed by atoms with Gasteiger partial charge in [0.15, 0.2) is 11.5 Å². The molecule has 2 aliphatic heterocycles. The van der Waals surface area contributed by atoms with Crippen molar-refractivity contribution in [3.8, 4) is 11.5 Å². The molecule has 0 aliphatic carbocycles. The van der Waals surface area contributed by atoms with E-state index in [1.54, 1.807) is 26.4 Å². The average molecular weight is 514 g/mol. The maximum Gasteiger partial charge on any atom is 0.254 e. The first-order valence-corrected chi connectivity index (χ1v) is 13.3. The van der Waals surface area contributed by atoms with E-state index < -0.39 is 5.92 Å². The molecule has 7 nitrogen and oxygen atoms in total. The SMILES string of the molecule is CCN(CCCNC(=O)[C@H]1c2cc(OC)c(OC)cc2C(=O)N2CCc3ccccc3[C@H]12)c1ccccc1. The van der Waals surface area contributed by atoms with Crippen LogP contribution in [0.3, 0.4) is 0 Å². The van der Waals surface area contributed by atoms with Crippen LogP contribution in [0, 0.1) is 0 Å². The molecule has 0 fully saturated rings. The second-order valence-corrected chi connectivity index (χ2v) is 9.72. The molecule has 3 aromatic carbocycles. The van der Waals surface area contributed by atoms with E-state index in [0.29, 0.717) is 35.7 Å². The first-order chi connectivity index (χ1) is 18.6. The van der Waals surface area contributed by atoms with Gasteiger partial charge in [0, 0.05) is 37.4 Å². The molecule has 0 unspecified atom stereocenters. The number of hydrogen-bond donors (Lipinski definition) is 1. The van der Waals surface area contributed by atoms with E-state index in [0.717, 1.165) is 31.5 Å². The first kappa shape index (κ1) is 25.6. The summed E-state index contributed by atoms with van der Waals surface area (Å²) in [6.07, 6.45) is 1.57. The zero-order valence-electron chi connectivity index (χ0n) is 22.3. The van der Waals surface area contributed by atoms with Crippen molar-refractivity contribution in [3.63, 3.8) is 0 Å². The molecule has 0 bridgehead atoms. The predicted octanol–water partition coefficient (Wildman–Crippen LogP) is 4.57. The number of para-hydroxylation sites is 1. The molecule has 2 heterocycles. The molecule has 1 N–H and O–H groups in total. The van der Waals surface area contributed by atoms with Gasteiger partial charge in [-0.05, 0) is 60.7 Å². The number of nitrogens with zero attached hydrogens (tertiary/aromatic N) is 2. The maximum atomic E-state index is 13.9. The van der Waals surface area contributed by atoms with Gasteiger partial charge in [0.1, 0.15) is 0 Å². The van der Waals surface area contributed by atoms with Crippen molar-refractivity contribution in [1.82, 2.24) is 10.2 Å². The molecule has 2 atom stereocenters. The summed E-state index contributed by atoms with van der Waals surface area (Å²) in [5, 5.41) is 3.19. The Bertz CT molecular complexity index is 1310. The minimum atomic E-state index is -0.555. The molecule has 0 aromatic heterocycles. The van der Waals surface area contributed by atoms with Crippen LogP contribution in [0.5, 0.6) is 11.5 Å². The molecular weight excluding hydrogens is 478 g/mol. The van der Waals surface area contributed by atoms with Crippen LogP contribution in [0.15, 0.2) is 66.7 Å². The van der Waals surface area contributed by atoms with Gasteiger partial charge in [-0.3, -0.25) is 9.59 Å². The number of fused-ring (bicyclic) bond motifs is 4. The summed E-state index contributed by atoms with van der Waals surface area (Å²) in [6.45, 7) is 4.98. The highest BCUT2D eigenvalue weighted by Gasteiger charge is 2.46. The molecule has 0 saturated heterocycles. The third-order valence-corrected chi connectivity index (χ3v) is 7.72. The van der Waals surface area contributed by atoms with E-state index in [2.05, 4.69) is 35.3 Å². The van der Waals surface area contributed by atoms with Crippen molar-refractivity contribution >= 4 is 17.5 Å². The molecule has 7 heteroatoms. The number of carbonyl (C=O) groups excluding carboxylic acids is 2. The number of methoxy groups -OCH3 is 2. The van der Waals surface area contributed by atoms with Gasteiger partial charge in [0.25, 0.3) is 5.91 Å². The van der Waals surface area contributed by atoms with Crippen molar-refractivity contribution in [2.45, 2.75) is 31.7 Å². The third kappa shape index (κ3) is 4.69. The quantitative estimate of drug-likeness (QED) is 0.425. The minimum Gasteiger partial charge on any atom is -0.493 e. The number of amides is 2. The second-order valence-electron chi connectivity index (χ2n) is 9.72. The Labute approximate surface area is 224 Å². The van der Waals surface area contributed by atoms with Crippen molar-refractivity contribution in [2.24, 2.45) is 0 Å². The number of hydrogen-bond acceptors (Lipinski definition) is 5. The van der Waals surface area contributed by atoms with Gasteiger partial charge in [0.2, 0.25) is 5.91 Å². The van der Waals surface area contributed by atoms with Crippen LogP contribution in [0.4, 0.5) is 5.69 Å². The maximum absolute atomic E-state index is 13.9. The molecule has 38 heavy (non-hydrogen) atoms. The van der Waals surface area contributed by atoms with Crippen molar-refractivity contribution in [2.75, 3.05) is 45.3 Å². The number of benzene rings is 3. The number of ether oxygens (including phenoxy) is 2. The molecule has 0 radical (unpaired) electrons. The fourth-order valence-corrected chi connectivity index (χ4v) is 5.83. The van der Waals surface area contributed by atoms with Crippen LogP contribution in [-0.4, -0.2) is 57.1 Å². The summed E-state index contributed by atoms with van der Waals surface area (Å²) in [4.78, 5) is 31.8. The lowest BCUT2D eigenvalue weighted by molar-refractivity contribution is -0.124. The molecule has 3 aromatic rings. The summed E-state index contributed by atoms with van der Waals surface area (Å²) in [5.74, 6) is 0.276. The Morgan fingerprint density at radius 2 is 1.71 bits per heavy atom. The zero-order valence-corrected chi connectivity index (χ0v) is 22.3. The summed E-state index contributed by atoms with van der Waals surface area (Å²) in [6, 6.07) is 21.6. The van der Waals surface area contributed by atoms with Crippen molar-refractivity contribution < 1.29 is 19.1 Å². The monoisotopic (exact) mass is 513 g/mol. The van der Waals surface area contributed by atoms with Gasteiger partial charge in [-0.2, -0.15) is 0 Å². The van der Waals surface area contributed by atoms with Crippen molar-refractivity contribution in [3.05, 3.63) is 89.0 Å². The number of carbonyl (C=O) groups is 2. The van der Waals surface area contributed by atoms with Crippen LogP contribution in [-0.2, 0) is 11.2 Å². The number of anilines is 1. The van der Waals surface area contributed by atoms with Gasteiger partial charge in [-0.15, -0.1) is 0 Å². The summed E-state index contributed by atoms with van der Waals surface area (Å²) >= 11 is 0. The first-order valence-electron chi connectivity index (χ1n) is 13.3. The van der Waals surface area contributed by atoms with Crippen LogP contribution >= 0.6 is 0 Å². The Morgan fingerprint density at radius 1 is 1.00 bits per heavy atom. The molecule has 0 saturated carbocycles. The highest BCUT2D eigenvalue weighted by Crippen LogP contribution is 2.48. The van der Waals surface area contributed by atoms with Gasteiger partial charge in [0.05, 0.1) is 26.2 Å². The minimum absolute atomic E-state index is 0.0778. The summed E-state index contributed by atoms with van der Waals surface area (Å²) in [7, 11) is 3.12. The summed E-state index contributed by atoms with van der Waals surface area (Å²) in [5.41, 5.74) is 4.58. The fourth-order valence-electron chi connectivity index (χ4n) is 5.83. The van der Waals surface area contributed by atoms with Crippen molar-refractivity contribution in [1.29, 1.82) is 0 Å². The molecule has 2 amide bonds. The lowest BCUT2D eigenvalue weighted by atomic mass is 9.75. The predicted molar refractivity (Wildman–Crippen MR) is 148 cm³/mol. The van der Waals surface area contributed by atoms with E-state index in [4.69, 9.17) is 9.47 Å². The van der Waals surface area contributed by atoms with E-state index in [-0.39, 0.29) is 17.9 Å². The van der Waals surface area contributed by atoms with Gasteiger partial charge in [-0.25, -0.2) is 0 Å². The smallest absolute Gasteiger partial charge is 0.254 e. The number of nitrogens with one attached hydrogen (secondary N) is 1. The van der Waals surface area contributed by atoms with E-state index >= 15 is 0 Å². The molecule has 0 spiro atoms. The Hall–Kier alpha value is -4.00. The lowest BCUT2D eigenvalue weighted by Gasteiger charge is -2.45. The van der Waals surface area contributed by atoms with Crippen LogP contribution in [0.25, 0.3) is 0 Å². The third-order valence-electron chi connectivity index (χ3n) is 7.72. The standard InChI is InChI=1S/C31H35N3O4/c1-4-33(22-12-6-5-7-13-22)17-10-16-32-30(35)28-24-19-26(37-2)27(38-3)20-25(24)31(36)34-18-15-21-11-8-9-14-23(21)29(28)34/h5-9,11-14,19-20,28-29H,4,10,15-18H2,1-3H3,(H,32,35)/t28-,29+/m0/s1. The molecule has 5 rings (SSSR count). The summed E-state index contributed by atoms with van der Waals surface area (Å²) < 4.78 is 11.0. The van der Waals surface area contributed by atoms with E-state index in [9.17, 15) is 9.59 Å². The highest BCUT2D eigenvalue weighted by atomic mass is 16.5. The van der Waals surface area contributed by atoms with E-state index in [1.807, 2.05) is 41.3 Å².